The van der Waals surface area contributed by atoms with Crippen LogP contribution in [0.1, 0.15) is 30.0 Å². The van der Waals surface area contributed by atoms with Crippen LogP contribution in [0.5, 0.6) is 5.75 Å². The van der Waals surface area contributed by atoms with Gasteiger partial charge in [-0.05, 0) is 58.5 Å². The van der Waals surface area contributed by atoms with Crippen molar-refractivity contribution in [1.82, 2.24) is 0 Å². The number of anilines is 1. The van der Waals surface area contributed by atoms with E-state index < -0.39 is 0 Å². The molecule has 2 heteroatoms. The summed E-state index contributed by atoms with van der Waals surface area (Å²) in [7, 11) is 5.83. The van der Waals surface area contributed by atoms with Gasteiger partial charge < -0.3 is 9.64 Å². The van der Waals surface area contributed by atoms with Crippen LogP contribution in [-0.4, -0.2) is 21.2 Å². The Morgan fingerprint density at radius 2 is 1.30 bits per heavy atom. The molecule has 0 unspecified atom stereocenters. The van der Waals surface area contributed by atoms with Crippen molar-refractivity contribution in [2.24, 2.45) is 0 Å². The van der Waals surface area contributed by atoms with Gasteiger partial charge in [0.25, 0.3) is 0 Å². The lowest BCUT2D eigenvalue weighted by molar-refractivity contribution is 0.415. The summed E-state index contributed by atoms with van der Waals surface area (Å²) in [6.45, 7) is 2.22. The molecule has 138 valence electrons. The summed E-state index contributed by atoms with van der Waals surface area (Å²) >= 11 is 0. The van der Waals surface area contributed by atoms with Crippen LogP contribution >= 0.6 is 0 Å². The number of nitrogens with zero attached hydrogens (tertiary/aromatic N) is 1. The van der Waals surface area contributed by atoms with E-state index >= 15 is 0 Å². The number of methoxy groups -OCH3 is 1. The highest BCUT2D eigenvalue weighted by atomic mass is 16.5. The van der Waals surface area contributed by atoms with Crippen LogP contribution in [0, 0.1) is 0 Å². The first-order chi connectivity index (χ1) is 13.1. The molecule has 0 aliphatic carbocycles. The van der Waals surface area contributed by atoms with Crippen LogP contribution in [0.15, 0.2) is 78.9 Å². The van der Waals surface area contributed by atoms with Gasteiger partial charge in [0.05, 0.1) is 7.11 Å². The van der Waals surface area contributed by atoms with Gasteiger partial charge in [-0.1, -0.05) is 61.5 Å². The monoisotopic (exact) mass is 357 g/mol. The second-order valence-corrected chi connectivity index (χ2v) is 6.74. The molecule has 0 saturated heterocycles. The first kappa shape index (κ1) is 18.8. The van der Waals surface area contributed by atoms with Gasteiger partial charge in [-0.25, -0.2) is 0 Å². The first-order valence-electron chi connectivity index (χ1n) is 9.34. The van der Waals surface area contributed by atoms with E-state index in [-0.39, 0.29) is 0 Å². The highest BCUT2D eigenvalue weighted by Crippen LogP contribution is 2.35. The fraction of sp³-hybridized carbons (Fsp3) is 0.200. The average Bonchev–Trinajstić information content (AvgIpc) is 2.73. The third-order valence-electron chi connectivity index (χ3n) is 4.83. The normalized spacial score (nSPS) is 11.7. The quantitative estimate of drug-likeness (QED) is 0.492. The Balaban J connectivity index is 2.20. The summed E-state index contributed by atoms with van der Waals surface area (Å²) in [4.78, 5) is 2.12. The molecule has 0 heterocycles. The van der Waals surface area contributed by atoms with Gasteiger partial charge in [0.1, 0.15) is 5.75 Å². The van der Waals surface area contributed by atoms with Gasteiger partial charge in [0.2, 0.25) is 0 Å². The number of hydrogen-bond donors (Lipinski definition) is 0. The first-order valence-corrected chi connectivity index (χ1v) is 9.34. The lowest BCUT2D eigenvalue weighted by atomic mass is 9.88. The van der Waals surface area contributed by atoms with E-state index in [1.54, 1.807) is 7.11 Å². The van der Waals surface area contributed by atoms with E-state index in [1.807, 2.05) is 12.1 Å². The van der Waals surface area contributed by atoms with Crippen molar-refractivity contribution in [1.29, 1.82) is 0 Å². The molecule has 0 amide bonds. The molecular formula is C25H27NO. The zero-order valence-electron chi connectivity index (χ0n) is 16.6. The maximum Gasteiger partial charge on any atom is 0.118 e. The molecule has 0 aliphatic rings. The summed E-state index contributed by atoms with van der Waals surface area (Å²) in [5, 5.41) is 0. The topological polar surface area (TPSA) is 12.5 Å². The highest BCUT2D eigenvalue weighted by Gasteiger charge is 2.13. The van der Waals surface area contributed by atoms with E-state index in [9.17, 15) is 0 Å². The van der Waals surface area contributed by atoms with Crippen LogP contribution in [0.3, 0.4) is 0 Å². The van der Waals surface area contributed by atoms with Gasteiger partial charge in [-0.15, -0.1) is 0 Å². The molecule has 0 radical (unpaired) electrons. The minimum atomic E-state index is 0.874. The number of allylic oxidation sites excluding steroid dienone is 1. The zero-order valence-corrected chi connectivity index (χ0v) is 16.6. The summed E-state index contributed by atoms with van der Waals surface area (Å²) in [6.07, 6.45) is 0.959. The van der Waals surface area contributed by atoms with Gasteiger partial charge in [0, 0.05) is 19.8 Å². The summed E-state index contributed by atoms with van der Waals surface area (Å²) in [5.74, 6) is 0.874. The fourth-order valence-electron chi connectivity index (χ4n) is 3.36. The molecular weight excluding hydrogens is 330 g/mol. The Morgan fingerprint density at radius 3 is 1.78 bits per heavy atom. The average molecular weight is 357 g/mol. The Morgan fingerprint density at radius 1 is 0.741 bits per heavy atom. The predicted octanol–water partition coefficient (Wildman–Crippen LogP) is 6.13. The largest absolute Gasteiger partial charge is 0.497 e. The third kappa shape index (κ3) is 4.22. The molecule has 3 aromatic carbocycles. The molecule has 2 nitrogen and oxygen atoms in total. The van der Waals surface area contributed by atoms with Crippen LogP contribution in [0.2, 0.25) is 0 Å². The van der Waals surface area contributed by atoms with Crippen molar-refractivity contribution in [3.8, 4) is 5.75 Å². The number of rotatable bonds is 6. The van der Waals surface area contributed by atoms with Crippen molar-refractivity contribution in [2.75, 3.05) is 26.1 Å². The number of ether oxygens (including phenoxy) is 1. The van der Waals surface area contributed by atoms with E-state index in [4.69, 9.17) is 4.74 Å². The number of benzene rings is 3. The molecule has 3 aromatic rings. The molecule has 0 spiro atoms. The summed E-state index contributed by atoms with van der Waals surface area (Å²) in [6, 6.07) is 27.8. The molecule has 0 N–H and O–H groups in total. The van der Waals surface area contributed by atoms with Gasteiger partial charge in [0.15, 0.2) is 0 Å². The zero-order chi connectivity index (χ0) is 19.2. The fourth-order valence-corrected chi connectivity index (χ4v) is 3.36. The van der Waals surface area contributed by atoms with Crippen molar-refractivity contribution in [3.05, 3.63) is 95.6 Å². The molecule has 0 atom stereocenters. The van der Waals surface area contributed by atoms with Crippen LogP contribution in [0.25, 0.3) is 11.1 Å². The van der Waals surface area contributed by atoms with Crippen LogP contribution in [0.4, 0.5) is 5.69 Å². The van der Waals surface area contributed by atoms with Crippen molar-refractivity contribution >= 4 is 16.8 Å². The van der Waals surface area contributed by atoms with Gasteiger partial charge in [-0.2, -0.15) is 0 Å². The third-order valence-corrected chi connectivity index (χ3v) is 4.83. The number of hydrogen-bond acceptors (Lipinski definition) is 2. The molecule has 3 rings (SSSR count). The van der Waals surface area contributed by atoms with Gasteiger partial charge in [-0.3, -0.25) is 0 Å². The van der Waals surface area contributed by atoms with E-state index in [1.165, 1.54) is 33.5 Å². The minimum absolute atomic E-state index is 0.874. The lowest BCUT2D eigenvalue weighted by Gasteiger charge is -2.18. The van der Waals surface area contributed by atoms with Crippen LogP contribution in [-0.2, 0) is 0 Å². The summed E-state index contributed by atoms with van der Waals surface area (Å²) < 4.78 is 5.35. The second-order valence-electron chi connectivity index (χ2n) is 6.74. The summed E-state index contributed by atoms with van der Waals surface area (Å²) in [5.41, 5.74) is 7.52. The molecule has 0 aliphatic heterocycles. The second kappa shape index (κ2) is 8.59. The maximum absolute atomic E-state index is 5.35. The highest BCUT2D eigenvalue weighted by molar-refractivity contribution is 5.98. The van der Waals surface area contributed by atoms with Crippen molar-refractivity contribution < 1.29 is 4.74 Å². The van der Waals surface area contributed by atoms with Gasteiger partial charge >= 0.3 is 0 Å². The molecule has 0 fully saturated rings. The minimum Gasteiger partial charge on any atom is -0.497 e. The Bertz CT molecular complexity index is 891. The Hall–Kier alpha value is -3.00. The predicted molar refractivity (Wildman–Crippen MR) is 116 cm³/mol. The Kier molecular flexibility index (Phi) is 5.97. The van der Waals surface area contributed by atoms with Crippen molar-refractivity contribution in [2.45, 2.75) is 13.3 Å². The van der Waals surface area contributed by atoms with Crippen LogP contribution < -0.4 is 9.64 Å². The van der Waals surface area contributed by atoms with E-state index in [2.05, 4.69) is 92.6 Å². The molecule has 0 bridgehead atoms. The molecule has 0 aromatic heterocycles. The Labute approximate surface area is 162 Å². The SMILES string of the molecule is CC/C(=C(/c1ccc(OC)cc1)c1ccc(N(C)C)cc1)c1ccccc1. The molecule has 27 heavy (non-hydrogen) atoms. The van der Waals surface area contributed by atoms with E-state index in [0.29, 0.717) is 0 Å². The van der Waals surface area contributed by atoms with E-state index in [0.717, 1.165) is 12.2 Å². The smallest absolute Gasteiger partial charge is 0.118 e. The standard InChI is InChI=1S/C25H27NO/c1-5-24(19-9-7-6-8-10-19)25(21-13-17-23(27-4)18-14-21)20-11-15-22(16-12-20)26(2)3/h6-18H,5H2,1-4H3/b25-24-. The molecule has 0 saturated carbocycles. The maximum atomic E-state index is 5.35. The lowest BCUT2D eigenvalue weighted by Crippen LogP contribution is -2.08. The van der Waals surface area contributed by atoms with Crippen molar-refractivity contribution in [3.63, 3.8) is 0 Å².